The van der Waals surface area contributed by atoms with Gasteiger partial charge in [-0.25, -0.2) is 0 Å². The lowest BCUT2D eigenvalue weighted by atomic mass is 10.4. The van der Waals surface area contributed by atoms with E-state index in [1.165, 1.54) is 0 Å². The second-order valence-electron chi connectivity index (χ2n) is 4.97. The van der Waals surface area contributed by atoms with Gasteiger partial charge in [-0.3, -0.25) is 9.20 Å². The zero-order chi connectivity index (χ0) is 16.3. The topological polar surface area (TPSA) is 58.4 Å². The van der Waals surface area contributed by atoms with E-state index in [2.05, 4.69) is 20.2 Å². The average Bonchev–Trinajstić information content (AvgIpc) is 3.09. The van der Waals surface area contributed by atoms with Crippen LogP contribution in [0, 0.1) is 0 Å². The van der Waals surface area contributed by atoms with Gasteiger partial charge in [-0.2, -0.15) is 0 Å². The van der Waals surface area contributed by atoms with Crippen molar-refractivity contribution in [1.29, 1.82) is 0 Å². The lowest BCUT2D eigenvalue weighted by Crippen LogP contribution is -2.39. The van der Waals surface area contributed by atoms with Crippen molar-refractivity contribution in [3.8, 4) is 0 Å². The summed E-state index contributed by atoms with van der Waals surface area (Å²) in [6.45, 7) is 5.04. The summed E-state index contributed by atoms with van der Waals surface area (Å²) in [5.74, 6) is 1.29. The molecule has 1 unspecified atom stereocenters. The van der Waals surface area contributed by atoms with Gasteiger partial charge in [0, 0.05) is 42.7 Å². The Hall–Kier alpha value is -2.08. The molecule has 5 nitrogen and oxygen atoms in total. The molecule has 0 aliphatic rings. The number of aliphatic imine (C=N–C) groups is 1. The number of aromatic nitrogens is 1. The predicted octanol–water partition coefficient (Wildman–Crippen LogP) is 1.85. The SMILES string of the molecule is CCNC(=NCCS(=O)c1ccccc1)NCCn1cccc1. The molecule has 2 N–H and O–H groups in total. The van der Waals surface area contributed by atoms with Crippen LogP contribution in [0.3, 0.4) is 0 Å². The van der Waals surface area contributed by atoms with E-state index in [0.717, 1.165) is 30.5 Å². The van der Waals surface area contributed by atoms with Crippen LogP contribution in [0.15, 0.2) is 64.7 Å². The Morgan fingerprint density at radius 3 is 2.57 bits per heavy atom. The summed E-state index contributed by atoms with van der Waals surface area (Å²) in [5, 5.41) is 6.50. The number of hydrogen-bond donors (Lipinski definition) is 2. The highest BCUT2D eigenvalue weighted by atomic mass is 32.2. The Bertz CT molecular complexity index is 611. The summed E-state index contributed by atoms with van der Waals surface area (Å²) in [6.07, 6.45) is 4.07. The summed E-state index contributed by atoms with van der Waals surface area (Å²) >= 11 is 0. The van der Waals surface area contributed by atoms with Crippen LogP contribution >= 0.6 is 0 Å². The van der Waals surface area contributed by atoms with Crippen LogP contribution in [0.2, 0.25) is 0 Å². The highest BCUT2D eigenvalue weighted by Crippen LogP contribution is 2.05. The van der Waals surface area contributed by atoms with E-state index in [4.69, 9.17) is 0 Å². The lowest BCUT2D eigenvalue weighted by molar-refractivity contribution is 0.666. The molecule has 6 heteroatoms. The normalized spacial score (nSPS) is 12.8. The van der Waals surface area contributed by atoms with Gasteiger partial charge in [0.15, 0.2) is 5.96 Å². The molecular weight excluding hydrogens is 308 g/mol. The Kier molecular flexibility index (Phi) is 7.39. The summed E-state index contributed by atoms with van der Waals surface area (Å²) < 4.78 is 14.3. The van der Waals surface area contributed by atoms with Crippen molar-refractivity contribution in [3.63, 3.8) is 0 Å². The third-order valence-electron chi connectivity index (χ3n) is 3.23. The van der Waals surface area contributed by atoms with Crippen LogP contribution in [-0.2, 0) is 17.3 Å². The van der Waals surface area contributed by atoms with E-state index < -0.39 is 10.8 Å². The van der Waals surface area contributed by atoms with Crippen molar-refractivity contribution in [1.82, 2.24) is 15.2 Å². The fourth-order valence-electron chi connectivity index (χ4n) is 2.09. The summed E-state index contributed by atoms with van der Waals surface area (Å²) in [7, 11) is -1.00. The molecule has 0 saturated carbocycles. The van der Waals surface area contributed by atoms with E-state index in [-0.39, 0.29) is 0 Å². The van der Waals surface area contributed by atoms with Crippen molar-refractivity contribution in [2.45, 2.75) is 18.4 Å². The molecule has 1 aromatic carbocycles. The molecule has 1 heterocycles. The fourth-order valence-corrected chi connectivity index (χ4v) is 3.05. The minimum Gasteiger partial charge on any atom is -0.357 e. The first-order chi connectivity index (χ1) is 11.3. The molecule has 0 amide bonds. The highest BCUT2D eigenvalue weighted by Gasteiger charge is 2.03. The van der Waals surface area contributed by atoms with Gasteiger partial charge in [-0.05, 0) is 31.2 Å². The first kappa shape index (κ1) is 17.3. The Morgan fingerprint density at radius 1 is 1.13 bits per heavy atom. The third kappa shape index (κ3) is 6.28. The van der Waals surface area contributed by atoms with E-state index in [1.807, 2.05) is 61.8 Å². The maximum absolute atomic E-state index is 12.2. The molecule has 0 aliphatic heterocycles. The Labute approximate surface area is 140 Å². The maximum Gasteiger partial charge on any atom is 0.191 e. The monoisotopic (exact) mass is 332 g/mol. The van der Waals surface area contributed by atoms with Gasteiger partial charge >= 0.3 is 0 Å². The van der Waals surface area contributed by atoms with Crippen LogP contribution < -0.4 is 10.6 Å². The molecule has 0 bridgehead atoms. The van der Waals surface area contributed by atoms with E-state index in [9.17, 15) is 4.21 Å². The summed E-state index contributed by atoms with van der Waals surface area (Å²) in [4.78, 5) is 5.34. The van der Waals surface area contributed by atoms with Crippen molar-refractivity contribution < 1.29 is 4.21 Å². The number of benzene rings is 1. The average molecular weight is 332 g/mol. The van der Waals surface area contributed by atoms with Gasteiger partial charge in [0.2, 0.25) is 0 Å². The number of nitrogens with zero attached hydrogens (tertiary/aromatic N) is 2. The van der Waals surface area contributed by atoms with Gasteiger partial charge in [0.05, 0.1) is 17.3 Å². The van der Waals surface area contributed by atoms with Crippen LogP contribution in [0.1, 0.15) is 6.92 Å². The second-order valence-corrected chi connectivity index (χ2v) is 6.54. The van der Waals surface area contributed by atoms with Crippen molar-refractivity contribution in [2.75, 3.05) is 25.4 Å². The molecule has 0 aliphatic carbocycles. The van der Waals surface area contributed by atoms with E-state index in [0.29, 0.717) is 12.3 Å². The zero-order valence-electron chi connectivity index (χ0n) is 13.4. The molecule has 1 aromatic heterocycles. The molecule has 2 aromatic rings. The minimum absolute atomic E-state index is 0.526. The quantitative estimate of drug-likeness (QED) is 0.573. The zero-order valence-corrected chi connectivity index (χ0v) is 14.3. The van der Waals surface area contributed by atoms with Crippen LogP contribution in [0.4, 0.5) is 0 Å². The van der Waals surface area contributed by atoms with Gasteiger partial charge in [-0.1, -0.05) is 18.2 Å². The molecule has 124 valence electrons. The highest BCUT2D eigenvalue weighted by molar-refractivity contribution is 7.85. The number of hydrogen-bond acceptors (Lipinski definition) is 2. The first-order valence-corrected chi connectivity index (χ1v) is 9.18. The van der Waals surface area contributed by atoms with Crippen LogP contribution in [0.25, 0.3) is 0 Å². The molecule has 23 heavy (non-hydrogen) atoms. The first-order valence-electron chi connectivity index (χ1n) is 7.86. The van der Waals surface area contributed by atoms with Gasteiger partial charge < -0.3 is 15.2 Å². The smallest absolute Gasteiger partial charge is 0.191 e. The van der Waals surface area contributed by atoms with E-state index >= 15 is 0 Å². The standard InChI is InChI=1S/C17H24N4OS/c1-2-18-17(19-10-14-21-12-6-7-13-21)20-11-15-23(22)16-8-4-3-5-9-16/h3-9,12-13H,2,10-11,14-15H2,1H3,(H2,18,19,20). The molecular formula is C17H24N4OS. The Morgan fingerprint density at radius 2 is 1.87 bits per heavy atom. The maximum atomic E-state index is 12.2. The van der Waals surface area contributed by atoms with Crippen molar-refractivity contribution in [2.24, 2.45) is 4.99 Å². The molecule has 2 rings (SSSR count). The van der Waals surface area contributed by atoms with Gasteiger partial charge in [-0.15, -0.1) is 0 Å². The van der Waals surface area contributed by atoms with Gasteiger partial charge in [0.1, 0.15) is 0 Å². The molecule has 0 saturated heterocycles. The minimum atomic E-state index is -1.00. The van der Waals surface area contributed by atoms with Crippen molar-refractivity contribution >= 4 is 16.8 Å². The lowest BCUT2D eigenvalue weighted by Gasteiger charge is -2.11. The van der Waals surface area contributed by atoms with E-state index in [1.54, 1.807) is 0 Å². The largest absolute Gasteiger partial charge is 0.357 e. The van der Waals surface area contributed by atoms with Gasteiger partial charge in [0.25, 0.3) is 0 Å². The Balaban J connectivity index is 1.77. The molecule has 0 radical (unpaired) electrons. The fraction of sp³-hybridized carbons (Fsp3) is 0.353. The second kappa shape index (κ2) is 9.84. The summed E-state index contributed by atoms with van der Waals surface area (Å²) in [5.41, 5.74) is 0. The number of nitrogens with one attached hydrogen (secondary N) is 2. The van der Waals surface area contributed by atoms with Crippen LogP contribution in [0.5, 0.6) is 0 Å². The van der Waals surface area contributed by atoms with Crippen LogP contribution in [-0.4, -0.2) is 40.1 Å². The number of rotatable bonds is 8. The predicted molar refractivity (Wildman–Crippen MR) is 96.1 cm³/mol. The molecule has 0 fully saturated rings. The molecule has 0 spiro atoms. The summed E-state index contributed by atoms with van der Waals surface area (Å²) in [6, 6.07) is 13.5. The number of guanidine groups is 1. The molecule has 1 atom stereocenters. The van der Waals surface area contributed by atoms with Crippen molar-refractivity contribution in [3.05, 3.63) is 54.9 Å². The third-order valence-corrected chi connectivity index (χ3v) is 4.58.